The number of rotatable bonds is 4. The third-order valence-electron chi connectivity index (χ3n) is 8.88. The molecule has 0 bridgehead atoms. The van der Waals surface area contributed by atoms with Crippen LogP contribution in [-0.2, 0) is 23.1 Å². The van der Waals surface area contributed by atoms with Crippen molar-refractivity contribution in [2.45, 2.75) is 55.5 Å². The van der Waals surface area contributed by atoms with Crippen LogP contribution in [0.15, 0.2) is 67.1 Å². The van der Waals surface area contributed by atoms with Crippen LogP contribution in [0.5, 0.6) is 0 Å². The van der Waals surface area contributed by atoms with E-state index >= 15 is 4.39 Å². The molecule has 1 amide bonds. The van der Waals surface area contributed by atoms with Gasteiger partial charge in [0.2, 0.25) is 5.91 Å². The van der Waals surface area contributed by atoms with Gasteiger partial charge < -0.3 is 5.32 Å². The first-order valence-corrected chi connectivity index (χ1v) is 13.7. The van der Waals surface area contributed by atoms with Crippen molar-refractivity contribution in [2.75, 3.05) is 5.32 Å². The highest BCUT2D eigenvalue weighted by Crippen LogP contribution is 2.48. The third-order valence-corrected chi connectivity index (χ3v) is 8.88. The summed E-state index contributed by atoms with van der Waals surface area (Å²) in [5.74, 6) is -3.11. The first kappa shape index (κ1) is 25.6. The first-order valence-electron chi connectivity index (χ1n) is 13.7. The summed E-state index contributed by atoms with van der Waals surface area (Å²) in [7, 11) is 0. The fourth-order valence-corrected chi connectivity index (χ4v) is 6.81. The normalized spacial score (nSPS) is 24.4. The van der Waals surface area contributed by atoms with Crippen molar-refractivity contribution in [1.82, 2.24) is 15.0 Å². The van der Waals surface area contributed by atoms with Gasteiger partial charge >= 0.3 is 0 Å². The van der Waals surface area contributed by atoms with E-state index in [0.29, 0.717) is 41.9 Å². The van der Waals surface area contributed by atoms with Gasteiger partial charge in [-0.05, 0) is 54.7 Å². The molecule has 7 rings (SSSR count). The first-order chi connectivity index (χ1) is 19.9. The number of pyridine rings is 3. The highest BCUT2D eigenvalue weighted by Gasteiger charge is 2.51. The standard InChI is InChI=1S/C32H25F3N4O2/c33-24-7-1-4-20(28(24)35)21-9-8-17(29-22(27(21)34)5-2-10-36-29)13-26(40)19-12-18-14-32(15-25(18)38-16-19)23-6-3-11-37-30(23)39-31(32)41/h1-7,10-12,16-17,21,27H,8-9,13-15H2,(H,37,39,41)/t17-,21-,27+,32-/m0/s1. The molecular weight excluding hydrogens is 529 g/mol. The van der Waals surface area contributed by atoms with Crippen molar-refractivity contribution in [3.8, 4) is 0 Å². The summed E-state index contributed by atoms with van der Waals surface area (Å²) in [6.45, 7) is 0. The topological polar surface area (TPSA) is 84.8 Å². The molecule has 1 N–H and O–H groups in total. The molecule has 2 aliphatic carbocycles. The number of alkyl halides is 1. The van der Waals surface area contributed by atoms with Crippen LogP contribution in [0.2, 0.25) is 0 Å². The van der Waals surface area contributed by atoms with Gasteiger partial charge in [-0.15, -0.1) is 0 Å². The molecule has 1 aromatic carbocycles. The molecule has 0 unspecified atom stereocenters. The van der Waals surface area contributed by atoms with E-state index < -0.39 is 35.1 Å². The highest BCUT2D eigenvalue weighted by atomic mass is 19.2. The molecule has 0 saturated carbocycles. The lowest BCUT2D eigenvalue weighted by atomic mass is 9.80. The summed E-state index contributed by atoms with van der Waals surface area (Å²) >= 11 is 0. The van der Waals surface area contributed by atoms with E-state index in [4.69, 9.17) is 0 Å². The fourth-order valence-electron chi connectivity index (χ4n) is 6.81. The average molecular weight is 555 g/mol. The quantitative estimate of drug-likeness (QED) is 0.244. The number of nitrogens with zero attached hydrogens (tertiary/aromatic N) is 3. The molecule has 1 aliphatic heterocycles. The van der Waals surface area contributed by atoms with Gasteiger partial charge in [-0.25, -0.2) is 18.2 Å². The Balaban J connectivity index is 1.15. The lowest BCUT2D eigenvalue weighted by Gasteiger charge is -2.20. The van der Waals surface area contributed by atoms with E-state index in [9.17, 15) is 18.4 Å². The Morgan fingerprint density at radius 3 is 2.66 bits per heavy atom. The molecule has 4 heterocycles. The monoisotopic (exact) mass is 554 g/mol. The van der Waals surface area contributed by atoms with Crippen LogP contribution in [-0.4, -0.2) is 26.6 Å². The van der Waals surface area contributed by atoms with Crippen LogP contribution in [0.25, 0.3) is 0 Å². The second kappa shape index (κ2) is 9.61. The van der Waals surface area contributed by atoms with E-state index in [-0.39, 0.29) is 30.1 Å². The number of fused-ring (bicyclic) bond motifs is 4. The van der Waals surface area contributed by atoms with Crippen LogP contribution in [0.4, 0.5) is 19.0 Å². The molecule has 4 aromatic rings. The van der Waals surface area contributed by atoms with Crippen LogP contribution in [0.1, 0.15) is 81.3 Å². The Bertz CT molecular complexity index is 1730. The summed E-state index contributed by atoms with van der Waals surface area (Å²) in [5, 5.41) is 2.87. The van der Waals surface area contributed by atoms with Crippen LogP contribution < -0.4 is 5.32 Å². The van der Waals surface area contributed by atoms with Crippen LogP contribution in [0, 0.1) is 11.6 Å². The Labute approximate surface area is 234 Å². The average Bonchev–Trinajstić information content (AvgIpc) is 3.46. The maximum Gasteiger partial charge on any atom is 0.237 e. The van der Waals surface area contributed by atoms with E-state index in [1.54, 1.807) is 36.7 Å². The molecule has 41 heavy (non-hydrogen) atoms. The smallest absolute Gasteiger partial charge is 0.237 e. The maximum absolute atomic E-state index is 15.9. The predicted octanol–water partition coefficient (Wildman–Crippen LogP) is 6.08. The Hall–Kier alpha value is -4.40. The van der Waals surface area contributed by atoms with Gasteiger partial charge in [0.15, 0.2) is 17.4 Å². The fraction of sp³-hybridized carbons (Fsp3) is 0.281. The van der Waals surface area contributed by atoms with Gasteiger partial charge in [0, 0.05) is 71.3 Å². The SMILES string of the molecule is O=C(C[C@@H]1CC[C@@H](c2cccc(F)c2F)[C@@H](F)c2cccnc21)c1cnc2c(c1)C[C@@]1(C2)C(=O)Nc2ncccc21. The molecular formula is C32H25F3N4O2. The van der Waals surface area contributed by atoms with Crippen molar-refractivity contribution in [3.05, 3.63) is 118 Å². The molecule has 3 aliphatic rings. The van der Waals surface area contributed by atoms with E-state index in [2.05, 4.69) is 20.3 Å². The zero-order chi connectivity index (χ0) is 28.3. The van der Waals surface area contributed by atoms with E-state index in [0.717, 1.165) is 22.9 Å². The number of hydrogen-bond donors (Lipinski definition) is 1. The molecule has 6 nitrogen and oxygen atoms in total. The van der Waals surface area contributed by atoms with Gasteiger partial charge in [0.05, 0.1) is 5.41 Å². The third kappa shape index (κ3) is 4.05. The van der Waals surface area contributed by atoms with E-state index in [1.165, 1.54) is 18.3 Å². The van der Waals surface area contributed by atoms with Crippen molar-refractivity contribution in [2.24, 2.45) is 0 Å². The Morgan fingerprint density at radius 2 is 1.78 bits per heavy atom. The van der Waals surface area contributed by atoms with Gasteiger partial charge in [-0.1, -0.05) is 24.3 Å². The summed E-state index contributed by atoms with van der Waals surface area (Å²) in [4.78, 5) is 39.9. The molecule has 1 spiro atoms. The van der Waals surface area contributed by atoms with Crippen molar-refractivity contribution in [1.29, 1.82) is 0 Å². The number of carbonyl (C=O) groups is 2. The minimum absolute atomic E-state index is 0.0104. The van der Waals surface area contributed by atoms with Crippen LogP contribution >= 0.6 is 0 Å². The molecule has 0 fully saturated rings. The number of carbonyl (C=O) groups excluding carboxylic acids is 2. The van der Waals surface area contributed by atoms with Gasteiger partial charge in [0.1, 0.15) is 12.0 Å². The summed E-state index contributed by atoms with van der Waals surface area (Å²) < 4.78 is 44.6. The number of aromatic nitrogens is 3. The van der Waals surface area contributed by atoms with Gasteiger partial charge in [0.25, 0.3) is 0 Å². The zero-order valence-corrected chi connectivity index (χ0v) is 21.9. The Kier molecular flexibility index (Phi) is 5.99. The van der Waals surface area contributed by atoms with Crippen LogP contribution in [0.3, 0.4) is 0 Å². The number of nitrogens with one attached hydrogen (secondary N) is 1. The van der Waals surface area contributed by atoms with Gasteiger partial charge in [-0.3, -0.25) is 19.6 Å². The minimum atomic E-state index is -1.59. The van der Waals surface area contributed by atoms with Crippen molar-refractivity contribution >= 4 is 17.5 Å². The molecule has 9 heteroatoms. The number of Topliss-reactive ketones (excluding diaryl/α,β-unsaturated/α-hetero) is 1. The van der Waals surface area contributed by atoms with E-state index in [1.807, 2.05) is 6.07 Å². The van der Waals surface area contributed by atoms with Crippen molar-refractivity contribution < 1.29 is 22.8 Å². The number of hydrogen-bond acceptors (Lipinski definition) is 5. The lowest BCUT2D eigenvalue weighted by molar-refractivity contribution is -0.120. The number of halogens is 3. The predicted molar refractivity (Wildman–Crippen MR) is 144 cm³/mol. The second-order valence-electron chi connectivity index (χ2n) is 11.1. The summed E-state index contributed by atoms with van der Waals surface area (Å²) in [6.07, 6.45) is 4.65. The highest BCUT2D eigenvalue weighted by molar-refractivity contribution is 6.06. The minimum Gasteiger partial charge on any atom is -0.310 e. The molecule has 4 atom stereocenters. The largest absolute Gasteiger partial charge is 0.310 e. The maximum atomic E-state index is 15.9. The van der Waals surface area contributed by atoms with Crippen molar-refractivity contribution in [3.63, 3.8) is 0 Å². The molecule has 0 saturated heterocycles. The summed E-state index contributed by atoms with van der Waals surface area (Å²) in [6, 6.07) is 12.5. The molecule has 206 valence electrons. The lowest BCUT2D eigenvalue weighted by Crippen LogP contribution is -2.35. The Morgan fingerprint density at radius 1 is 0.976 bits per heavy atom. The molecule has 3 aromatic heterocycles. The number of ketones is 1. The molecule has 0 radical (unpaired) electrons. The number of amides is 1. The zero-order valence-electron chi connectivity index (χ0n) is 21.9. The number of anilines is 1. The summed E-state index contributed by atoms with van der Waals surface area (Å²) in [5.41, 5.74) is 2.82. The second-order valence-corrected chi connectivity index (χ2v) is 11.1. The van der Waals surface area contributed by atoms with Gasteiger partial charge in [-0.2, -0.15) is 0 Å². The number of benzene rings is 1.